The summed E-state index contributed by atoms with van der Waals surface area (Å²) in [5.41, 5.74) is 1.62. The second-order valence-electron chi connectivity index (χ2n) is 4.03. The smallest absolute Gasteiger partial charge is 0.360 e. The van der Waals surface area contributed by atoms with Crippen molar-refractivity contribution in [1.29, 1.82) is 0 Å². The predicted octanol–water partition coefficient (Wildman–Crippen LogP) is 1.26. The average molecular weight is 259 g/mol. The first-order chi connectivity index (χ1) is 9.11. The number of Topliss-reactive ketones (excluding diaryl/α,β-unsaturated/α-hetero) is 1. The lowest BCUT2D eigenvalue weighted by atomic mass is 10.1. The fourth-order valence-electron chi connectivity index (χ4n) is 1.69. The summed E-state index contributed by atoms with van der Waals surface area (Å²) in [6, 6.07) is 7.31. The number of hydrogen-bond donors (Lipinski definition) is 0. The van der Waals surface area contributed by atoms with Gasteiger partial charge in [-0.2, -0.15) is 0 Å². The van der Waals surface area contributed by atoms with Crippen LogP contribution in [0.5, 0.6) is 0 Å². The molecule has 19 heavy (non-hydrogen) atoms. The highest BCUT2D eigenvalue weighted by Crippen LogP contribution is 2.09. The van der Waals surface area contributed by atoms with Gasteiger partial charge in [0, 0.05) is 5.56 Å². The van der Waals surface area contributed by atoms with Gasteiger partial charge in [-0.05, 0) is 12.5 Å². The number of carbonyl (C=O) groups excluding carboxylic acids is 2. The Labute approximate surface area is 110 Å². The summed E-state index contributed by atoms with van der Waals surface area (Å²) in [5, 5.41) is 7.37. The number of esters is 1. The van der Waals surface area contributed by atoms with Crippen LogP contribution in [-0.4, -0.2) is 33.9 Å². The number of methoxy groups -OCH3 is 1. The number of nitrogens with zero attached hydrogens (tertiary/aromatic N) is 3. The zero-order chi connectivity index (χ0) is 13.8. The summed E-state index contributed by atoms with van der Waals surface area (Å²) in [7, 11) is 1.26. The van der Waals surface area contributed by atoms with Crippen molar-refractivity contribution in [2.75, 3.05) is 7.11 Å². The number of aromatic nitrogens is 3. The molecule has 2 rings (SSSR count). The largest absolute Gasteiger partial charge is 0.464 e. The fraction of sp³-hybridized carbons (Fsp3) is 0.231. The molecular weight excluding hydrogens is 246 g/mol. The molecule has 0 radical (unpaired) electrons. The van der Waals surface area contributed by atoms with Gasteiger partial charge in [0.2, 0.25) is 0 Å². The molecule has 0 fully saturated rings. The lowest BCUT2D eigenvalue weighted by Gasteiger charge is -2.03. The van der Waals surface area contributed by atoms with Crippen LogP contribution in [0.3, 0.4) is 0 Å². The second-order valence-corrected chi connectivity index (χ2v) is 4.03. The monoisotopic (exact) mass is 259 g/mol. The van der Waals surface area contributed by atoms with Crippen LogP contribution in [0.2, 0.25) is 0 Å². The van der Waals surface area contributed by atoms with E-state index in [0.717, 1.165) is 5.56 Å². The van der Waals surface area contributed by atoms with Gasteiger partial charge in [0.25, 0.3) is 0 Å². The highest BCUT2D eigenvalue weighted by Gasteiger charge is 2.14. The van der Waals surface area contributed by atoms with Gasteiger partial charge in [-0.25, -0.2) is 9.48 Å². The Bertz CT molecular complexity index is 619. The van der Waals surface area contributed by atoms with Crippen molar-refractivity contribution in [3.8, 4) is 0 Å². The van der Waals surface area contributed by atoms with E-state index in [-0.39, 0.29) is 18.0 Å². The van der Waals surface area contributed by atoms with Crippen molar-refractivity contribution in [1.82, 2.24) is 15.0 Å². The number of benzene rings is 1. The maximum Gasteiger partial charge on any atom is 0.360 e. The van der Waals surface area contributed by atoms with E-state index < -0.39 is 5.97 Å². The SMILES string of the molecule is COC(=O)c1cn(CC(=O)c2ccccc2C)nn1. The first-order valence-electron chi connectivity index (χ1n) is 5.69. The number of carbonyl (C=O) groups is 2. The number of ketones is 1. The minimum atomic E-state index is -0.574. The van der Waals surface area contributed by atoms with Crippen LogP contribution in [0.1, 0.15) is 26.4 Å². The Hall–Kier alpha value is -2.50. The van der Waals surface area contributed by atoms with E-state index >= 15 is 0 Å². The van der Waals surface area contributed by atoms with Crippen molar-refractivity contribution < 1.29 is 14.3 Å². The summed E-state index contributed by atoms with van der Waals surface area (Å²) in [4.78, 5) is 23.3. The van der Waals surface area contributed by atoms with Gasteiger partial charge in [0.1, 0.15) is 6.54 Å². The van der Waals surface area contributed by atoms with Crippen LogP contribution < -0.4 is 0 Å². The average Bonchev–Trinajstić information content (AvgIpc) is 2.86. The molecule has 0 N–H and O–H groups in total. The molecule has 6 heteroatoms. The number of aryl methyl sites for hydroxylation is 1. The summed E-state index contributed by atoms with van der Waals surface area (Å²) < 4.78 is 5.84. The molecule has 98 valence electrons. The molecule has 1 aromatic carbocycles. The molecule has 1 heterocycles. The van der Waals surface area contributed by atoms with E-state index in [4.69, 9.17) is 0 Å². The van der Waals surface area contributed by atoms with Crippen molar-refractivity contribution in [2.45, 2.75) is 13.5 Å². The van der Waals surface area contributed by atoms with Crippen LogP contribution >= 0.6 is 0 Å². The number of hydrogen-bond acceptors (Lipinski definition) is 5. The minimum Gasteiger partial charge on any atom is -0.464 e. The van der Waals surface area contributed by atoms with Crippen LogP contribution in [-0.2, 0) is 11.3 Å². The van der Waals surface area contributed by atoms with E-state index in [1.807, 2.05) is 19.1 Å². The maximum absolute atomic E-state index is 12.1. The molecule has 0 aliphatic heterocycles. The third-order valence-corrected chi connectivity index (χ3v) is 2.68. The van der Waals surface area contributed by atoms with E-state index in [2.05, 4.69) is 15.0 Å². The zero-order valence-electron chi connectivity index (χ0n) is 10.7. The van der Waals surface area contributed by atoms with Gasteiger partial charge in [0.05, 0.1) is 13.3 Å². The van der Waals surface area contributed by atoms with Crippen molar-refractivity contribution in [2.24, 2.45) is 0 Å². The zero-order valence-corrected chi connectivity index (χ0v) is 10.7. The van der Waals surface area contributed by atoms with Crippen LogP contribution in [0.15, 0.2) is 30.5 Å². The number of ether oxygens (including phenoxy) is 1. The maximum atomic E-state index is 12.1. The summed E-state index contributed by atoms with van der Waals surface area (Å²) in [5.74, 6) is -0.658. The third-order valence-electron chi connectivity index (χ3n) is 2.68. The molecule has 0 amide bonds. The highest BCUT2D eigenvalue weighted by atomic mass is 16.5. The lowest BCUT2D eigenvalue weighted by Crippen LogP contribution is -2.12. The molecular formula is C13H13N3O3. The molecule has 1 aromatic heterocycles. The Kier molecular flexibility index (Phi) is 3.70. The van der Waals surface area contributed by atoms with Gasteiger partial charge in [-0.3, -0.25) is 4.79 Å². The quantitative estimate of drug-likeness (QED) is 0.610. The van der Waals surface area contributed by atoms with Crippen molar-refractivity contribution in [3.63, 3.8) is 0 Å². The van der Waals surface area contributed by atoms with Gasteiger partial charge in [0.15, 0.2) is 11.5 Å². The van der Waals surface area contributed by atoms with E-state index in [9.17, 15) is 9.59 Å². The van der Waals surface area contributed by atoms with Crippen LogP contribution in [0.4, 0.5) is 0 Å². The molecule has 0 bridgehead atoms. The predicted molar refractivity (Wildman–Crippen MR) is 66.9 cm³/mol. The van der Waals surface area contributed by atoms with E-state index in [1.54, 1.807) is 12.1 Å². The van der Waals surface area contributed by atoms with Gasteiger partial charge < -0.3 is 4.74 Å². The summed E-state index contributed by atoms with van der Waals surface area (Å²) >= 11 is 0. The lowest BCUT2D eigenvalue weighted by molar-refractivity contribution is 0.0593. The summed E-state index contributed by atoms with van der Waals surface area (Å²) in [6.07, 6.45) is 1.39. The van der Waals surface area contributed by atoms with E-state index in [0.29, 0.717) is 5.56 Å². The molecule has 0 aliphatic carbocycles. The highest BCUT2D eigenvalue weighted by molar-refractivity contribution is 5.97. The molecule has 2 aromatic rings. The first-order valence-corrected chi connectivity index (χ1v) is 5.69. The molecule has 0 saturated carbocycles. The van der Waals surface area contributed by atoms with Crippen LogP contribution in [0, 0.1) is 6.92 Å². The van der Waals surface area contributed by atoms with Gasteiger partial charge >= 0.3 is 5.97 Å². The van der Waals surface area contributed by atoms with Crippen molar-refractivity contribution >= 4 is 11.8 Å². The topological polar surface area (TPSA) is 74.1 Å². The van der Waals surface area contributed by atoms with Gasteiger partial charge in [-0.1, -0.05) is 29.5 Å². The first kappa shape index (κ1) is 12.9. The Morgan fingerprint density at radius 3 is 2.74 bits per heavy atom. The minimum absolute atomic E-state index is 0.0366. The fourth-order valence-corrected chi connectivity index (χ4v) is 1.69. The third kappa shape index (κ3) is 2.85. The molecule has 6 nitrogen and oxygen atoms in total. The number of rotatable bonds is 4. The van der Waals surface area contributed by atoms with Crippen LogP contribution in [0.25, 0.3) is 0 Å². The van der Waals surface area contributed by atoms with Crippen molar-refractivity contribution in [3.05, 3.63) is 47.3 Å². The molecule has 0 aliphatic rings. The normalized spacial score (nSPS) is 10.2. The standard InChI is InChI=1S/C13H13N3O3/c1-9-5-3-4-6-10(9)12(17)8-16-7-11(14-15-16)13(18)19-2/h3-7H,8H2,1-2H3. The molecule has 0 saturated heterocycles. The summed E-state index contributed by atoms with van der Waals surface area (Å²) in [6.45, 7) is 1.91. The Morgan fingerprint density at radius 2 is 2.05 bits per heavy atom. The van der Waals surface area contributed by atoms with E-state index in [1.165, 1.54) is 18.0 Å². The second kappa shape index (κ2) is 5.43. The molecule has 0 atom stereocenters. The molecule has 0 spiro atoms. The Balaban J connectivity index is 2.14. The Morgan fingerprint density at radius 1 is 1.32 bits per heavy atom. The molecule has 0 unspecified atom stereocenters. The van der Waals surface area contributed by atoms with Gasteiger partial charge in [-0.15, -0.1) is 5.10 Å².